The van der Waals surface area contributed by atoms with Crippen molar-refractivity contribution in [2.45, 2.75) is 39.5 Å². The summed E-state index contributed by atoms with van der Waals surface area (Å²) in [6, 6.07) is 0. The van der Waals surface area contributed by atoms with E-state index in [1.54, 1.807) is 0 Å². The molecule has 0 spiro atoms. The summed E-state index contributed by atoms with van der Waals surface area (Å²) in [5, 5.41) is 0. The minimum Gasteiger partial charge on any atom is -0.412 e. The lowest BCUT2D eigenvalue weighted by Crippen LogP contribution is -2.07. The van der Waals surface area contributed by atoms with Crippen LogP contribution in [0.3, 0.4) is 0 Å². The number of hydrogen-bond donors (Lipinski definition) is 0. The van der Waals surface area contributed by atoms with Crippen molar-refractivity contribution in [1.82, 2.24) is 0 Å². The van der Waals surface area contributed by atoms with E-state index in [0.717, 1.165) is 0 Å². The van der Waals surface area contributed by atoms with Gasteiger partial charge in [0.15, 0.2) is 0 Å². The van der Waals surface area contributed by atoms with Crippen LogP contribution in [-0.2, 0) is 4.15 Å². The Morgan fingerprint density at radius 2 is 1.50 bits per heavy atom. The molecule has 0 aliphatic carbocycles. The molecule has 1 rings (SSSR count). The average Bonchev–Trinajstić information content (AvgIpc) is 2.56. The molecule has 0 aromatic heterocycles. The van der Waals surface area contributed by atoms with Crippen LogP contribution in [0.5, 0.6) is 0 Å². The Morgan fingerprint density at radius 3 is 1.92 bits per heavy atom. The van der Waals surface area contributed by atoms with Crippen LogP contribution in [-0.4, -0.2) is 25.5 Å². The zero-order valence-corrected chi connectivity index (χ0v) is 9.41. The predicted molar refractivity (Wildman–Crippen MR) is 57.3 cm³/mol. The largest absolute Gasteiger partial charge is 0.412 e. The van der Waals surface area contributed by atoms with Crippen LogP contribution in [0.25, 0.3) is 0 Å². The third-order valence-electron chi connectivity index (χ3n) is 2.32. The van der Waals surface area contributed by atoms with E-state index in [4.69, 9.17) is 0 Å². The standard InChI is InChI=1S/C10H22OP/c1-3-9-12(10-4-2)11-7-5-6-8-11/h3-10H2,1-2H3/q+1. The van der Waals surface area contributed by atoms with Gasteiger partial charge in [-0.3, -0.25) is 0 Å². The zero-order chi connectivity index (χ0) is 8.81. The van der Waals surface area contributed by atoms with E-state index in [1.165, 1.54) is 51.2 Å². The first-order valence-corrected chi connectivity index (χ1v) is 6.94. The van der Waals surface area contributed by atoms with E-state index in [1.807, 2.05) is 0 Å². The summed E-state index contributed by atoms with van der Waals surface area (Å²) >= 11 is 0. The van der Waals surface area contributed by atoms with Crippen LogP contribution in [0.15, 0.2) is 0 Å². The molecule has 0 N–H and O–H groups in total. The van der Waals surface area contributed by atoms with Crippen LogP contribution in [0.2, 0.25) is 0 Å². The van der Waals surface area contributed by atoms with Gasteiger partial charge in [-0.2, -0.15) is 0 Å². The van der Waals surface area contributed by atoms with Gasteiger partial charge in [0, 0.05) is 25.2 Å². The predicted octanol–water partition coefficient (Wildman–Crippen LogP) is 3.55. The fourth-order valence-electron chi connectivity index (χ4n) is 1.77. The lowest BCUT2D eigenvalue weighted by atomic mass is 10.4. The van der Waals surface area contributed by atoms with E-state index in [0.29, 0.717) is 0 Å². The molecule has 0 aromatic carbocycles. The third-order valence-corrected chi connectivity index (χ3v) is 5.31. The van der Waals surface area contributed by atoms with Gasteiger partial charge in [-0.25, -0.2) is 0 Å². The smallest absolute Gasteiger partial charge is 0.202 e. The van der Waals surface area contributed by atoms with E-state index in [2.05, 4.69) is 18.0 Å². The van der Waals surface area contributed by atoms with Gasteiger partial charge in [-0.1, -0.05) is 13.8 Å². The summed E-state index contributed by atoms with van der Waals surface area (Å²) in [4.78, 5) is 0. The first-order valence-electron chi connectivity index (χ1n) is 5.31. The molecule has 1 aliphatic heterocycles. The van der Waals surface area contributed by atoms with Crippen molar-refractivity contribution in [2.75, 3.05) is 25.5 Å². The van der Waals surface area contributed by atoms with E-state index < -0.39 is 0 Å². The van der Waals surface area contributed by atoms with Gasteiger partial charge in [-0.15, -0.1) is 0 Å². The molecule has 1 heterocycles. The van der Waals surface area contributed by atoms with Crippen LogP contribution in [0.4, 0.5) is 0 Å². The van der Waals surface area contributed by atoms with Crippen molar-refractivity contribution >= 4 is 8.15 Å². The summed E-state index contributed by atoms with van der Waals surface area (Å²) in [5.41, 5.74) is 0. The Hall–Kier alpha value is 0.390. The maximum Gasteiger partial charge on any atom is 0.202 e. The highest BCUT2D eigenvalue weighted by Gasteiger charge is 2.27. The second-order valence-electron chi connectivity index (χ2n) is 3.51. The van der Waals surface area contributed by atoms with E-state index >= 15 is 0 Å². The van der Waals surface area contributed by atoms with Crippen molar-refractivity contribution in [3.63, 3.8) is 0 Å². The van der Waals surface area contributed by atoms with E-state index in [9.17, 15) is 0 Å². The van der Waals surface area contributed by atoms with Crippen LogP contribution in [0.1, 0.15) is 39.5 Å². The molecular weight excluding hydrogens is 167 g/mol. The number of rotatable bonds is 5. The highest BCUT2D eigenvalue weighted by atomic mass is 31.1. The van der Waals surface area contributed by atoms with Crippen molar-refractivity contribution in [2.24, 2.45) is 0 Å². The molecule has 0 radical (unpaired) electrons. The Morgan fingerprint density at radius 1 is 1.00 bits per heavy atom. The van der Waals surface area contributed by atoms with Crippen LogP contribution in [0, 0.1) is 0 Å². The zero-order valence-electron chi connectivity index (χ0n) is 8.51. The molecule has 1 fully saturated rings. The summed E-state index contributed by atoms with van der Waals surface area (Å²) < 4.78 is 3.57. The van der Waals surface area contributed by atoms with Gasteiger partial charge in [0.05, 0.1) is 0 Å². The lowest BCUT2D eigenvalue weighted by molar-refractivity contribution is 0.0779. The molecule has 0 bridgehead atoms. The fraction of sp³-hybridized carbons (Fsp3) is 1.00. The summed E-state index contributed by atoms with van der Waals surface area (Å²) in [6.45, 7) is 7.24. The summed E-state index contributed by atoms with van der Waals surface area (Å²) in [7, 11) is 0.188. The second-order valence-corrected chi connectivity index (χ2v) is 5.88. The first-order chi connectivity index (χ1) is 5.88. The normalized spacial score (nSPS) is 19.2. The van der Waals surface area contributed by atoms with Crippen molar-refractivity contribution in [1.29, 1.82) is 0 Å². The fourth-order valence-corrected chi connectivity index (χ4v) is 4.28. The van der Waals surface area contributed by atoms with Gasteiger partial charge in [-0.05, 0) is 12.8 Å². The molecule has 2 heteroatoms. The van der Waals surface area contributed by atoms with Crippen molar-refractivity contribution in [3.05, 3.63) is 0 Å². The molecule has 12 heavy (non-hydrogen) atoms. The van der Waals surface area contributed by atoms with Gasteiger partial charge in [0.2, 0.25) is 8.15 Å². The van der Waals surface area contributed by atoms with E-state index in [-0.39, 0.29) is 8.15 Å². The number of hydrogen-bond acceptors (Lipinski definition) is 0. The minimum absolute atomic E-state index is 0.188. The van der Waals surface area contributed by atoms with Gasteiger partial charge >= 0.3 is 0 Å². The topological polar surface area (TPSA) is 2.70 Å². The molecule has 1 nitrogen and oxygen atoms in total. The summed E-state index contributed by atoms with van der Waals surface area (Å²) in [6.07, 6.45) is 8.42. The van der Waals surface area contributed by atoms with Crippen LogP contribution < -0.4 is 0 Å². The average molecular weight is 189 g/mol. The summed E-state index contributed by atoms with van der Waals surface area (Å²) in [5.74, 6) is 0. The van der Waals surface area contributed by atoms with Crippen molar-refractivity contribution < 1.29 is 4.15 Å². The van der Waals surface area contributed by atoms with Gasteiger partial charge in [0.25, 0.3) is 0 Å². The molecule has 1 saturated heterocycles. The minimum atomic E-state index is 0.188. The Kier molecular flexibility index (Phi) is 5.18. The highest BCUT2D eigenvalue weighted by molar-refractivity contribution is 7.53. The molecule has 0 atom stereocenters. The molecule has 1 aliphatic rings. The van der Waals surface area contributed by atoms with Gasteiger partial charge < -0.3 is 4.15 Å². The highest BCUT2D eigenvalue weighted by Crippen LogP contribution is 2.47. The lowest BCUT2D eigenvalue weighted by Gasteiger charge is -2.21. The third kappa shape index (κ3) is 3.03. The molecule has 0 saturated carbocycles. The molecular formula is C10H22OP+. The first kappa shape index (κ1) is 10.5. The Labute approximate surface area is 78.0 Å². The van der Waals surface area contributed by atoms with Gasteiger partial charge in [0.1, 0.15) is 13.2 Å². The maximum atomic E-state index is 3.57. The molecule has 0 unspecified atom stereocenters. The second kappa shape index (κ2) is 5.94. The van der Waals surface area contributed by atoms with Crippen molar-refractivity contribution in [3.8, 4) is 0 Å². The quantitative estimate of drug-likeness (QED) is 0.459. The van der Waals surface area contributed by atoms with Crippen LogP contribution >= 0.6 is 8.15 Å². The SMILES string of the molecule is CCCP(CCC)[O+]1CCCC1. The molecule has 72 valence electrons. The monoisotopic (exact) mass is 189 g/mol. The Bertz CT molecular complexity index is 104. The molecule has 0 aromatic rings. The molecule has 0 amide bonds. The Balaban J connectivity index is 2.29. The maximum absolute atomic E-state index is 3.57.